The number of fused-ring (bicyclic) bond motifs is 1. The van der Waals surface area contributed by atoms with E-state index in [0.717, 1.165) is 35.4 Å². The molecule has 2 N–H and O–H groups in total. The van der Waals surface area contributed by atoms with Crippen LogP contribution in [0.15, 0.2) is 42.5 Å². The number of nitrogens with zero attached hydrogens (tertiary/aromatic N) is 1. The summed E-state index contributed by atoms with van der Waals surface area (Å²) in [6.07, 6.45) is 2.39. The van der Waals surface area contributed by atoms with Crippen molar-refractivity contribution in [3.63, 3.8) is 0 Å². The minimum Gasteiger partial charge on any atom is -0.497 e. The Morgan fingerprint density at radius 2 is 1.91 bits per heavy atom. The third-order valence-electron chi connectivity index (χ3n) is 4.49. The number of rotatable bonds is 3. The van der Waals surface area contributed by atoms with E-state index >= 15 is 0 Å². The van der Waals surface area contributed by atoms with E-state index in [4.69, 9.17) is 10.5 Å². The lowest BCUT2D eigenvalue weighted by Gasteiger charge is -2.20. The number of carbonyl (C=O) groups excluding carboxylic acids is 1. The molecule has 4 heteroatoms. The predicted octanol–water partition coefficient (Wildman–Crippen LogP) is 3.04. The second kappa shape index (κ2) is 6.42. The summed E-state index contributed by atoms with van der Waals surface area (Å²) in [7, 11) is 3.49. The molecule has 1 atom stereocenters. The SMILES string of the molecule is COc1cccc(C(N)c2ccc3c(c2)CCCC(=O)N3C)c1. The fourth-order valence-corrected chi connectivity index (χ4v) is 3.09. The third-order valence-corrected chi connectivity index (χ3v) is 4.49. The van der Waals surface area contributed by atoms with Crippen LogP contribution in [-0.2, 0) is 11.2 Å². The van der Waals surface area contributed by atoms with Crippen LogP contribution in [0.25, 0.3) is 0 Å². The molecule has 1 amide bonds. The first-order chi connectivity index (χ1) is 11.1. The molecule has 0 bridgehead atoms. The van der Waals surface area contributed by atoms with Crippen molar-refractivity contribution < 1.29 is 9.53 Å². The smallest absolute Gasteiger partial charge is 0.226 e. The average molecular weight is 310 g/mol. The number of amides is 1. The molecular weight excluding hydrogens is 288 g/mol. The van der Waals surface area contributed by atoms with Crippen LogP contribution >= 0.6 is 0 Å². The van der Waals surface area contributed by atoms with Gasteiger partial charge in [-0.1, -0.05) is 24.3 Å². The van der Waals surface area contributed by atoms with Crippen molar-refractivity contribution in [2.45, 2.75) is 25.3 Å². The zero-order chi connectivity index (χ0) is 16.4. The van der Waals surface area contributed by atoms with E-state index < -0.39 is 0 Å². The first-order valence-corrected chi connectivity index (χ1v) is 7.89. The van der Waals surface area contributed by atoms with Crippen molar-refractivity contribution >= 4 is 11.6 Å². The number of anilines is 1. The molecule has 2 aromatic carbocycles. The molecular formula is C19H22N2O2. The molecule has 3 rings (SSSR count). The summed E-state index contributed by atoms with van der Waals surface area (Å²) in [4.78, 5) is 13.7. The van der Waals surface area contributed by atoms with Gasteiger partial charge >= 0.3 is 0 Å². The number of nitrogens with two attached hydrogens (primary N) is 1. The number of carbonyl (C=O) groups is 1. The van der Waals surface area contributed by atoms with Gasteiger partial charge in [0.1, 0.15) is 5.75 Å². The Labute approximate surface area is 136 Å². The minimum atomic E-state index is -0.209. The highest BCUT2D eigenvalue weighted by Gasteiger charge is 2.20. The van der Waals surface area contributed by atoms with Crippen molar-refractivity contribution in [2.24, 2.45) is 5.73 Å². The highest BCUT2D eigenvalue weighted by molar-refractivity contribution is 5.94. The van der Waals surface area contributed by atoms with Gasteiger partial charge in [0.2, 0.25) is 5.91 Å². The molecule has 4 nitrogen and oxygen atoms in total. The third kappa shape index (κ3) is 3.08. The second-order valence-electron chi connectivity index (χ2n) is 5.95. The molecule has 1 heterocycles. The molecule has 1 aliphatic heterocycles. The summed E-state index contributed by atoms with van der Waals surface area (Å²) in [6.45, 7) is 0. The van der Waals surface area contributed by atoms with Gasteiger partial charge in [0.05, 0.1) is 13.2 Å². The first-order valence-electron chi connectivity index (χ1n) is 7.89. The van der Waals surface area contributed by atoms with Gasteiger partial charge in [-0.25, -0.2) is 0 Å². The van der Waals surface area contributed by atoms with Crippen LogP contribution in [0.4, 0.5) is 5.69 Å². The molecule has 0 radical (unpaired) electrons. The Morgan fingerprint density at radius 3 is 2.70 bits per heavy atom. The Morgan fingerprint density at radius 1 is 1.13 bits per heavy atom. The van der Waals surface area contributed by atoms with Crippen LogP contribution in [0.1, 0.15) is 35.6 Å². The van der Waals surface area contributed by atoms with E-state index in [2.05, 4.69) is 6.07 Å². The average Bonchev–Trinajstić information content (AvgIpc) is 2.73. The van der Waals surface area contributed by atoms with Gasteiger partial charge in [0.15, 0.2) is 0 Å². The Bertz CT molecular complexity index is 727. The normalized spacial score (nSPS) is 15.8. The number of ether oxygens (including phenoxy) is 1. The quantitative estimate of drug-likeness (QED) is 0.948. The van der Waals surface area contributed by atoms with E-state index in [1.54, 1.807) is 12.0 Å². The summed E-state index contributed by atoms with van der Waals surface area (Å²) in [5, 5.41) is 0. The van der Waals surface area contributed by atoms with Gasteiger partial charge in [0, 0.05) is 19.2 Å². The van der Waals surface area contributed by atoms with E-state index in [9.17, 15) is 4.79 Å². The van der Waals surface area contributed by atoms with Crippen molar-refractivity contribution in [3.05, 3.63) is 59.2 Å². The predicted molar refractivity (Wildman–Crippen MR) is 91.8 cm³/mol. The molecule has 120 valence electrons. The summed E-state index contributed by atoms with van der Waals surface area (Å²) in [6, 6.07) is 13.8. The number of benzene rings is 2. The Hall–Kier alpha value is -2.33. The zero-order valence-corrected chi connectivity index (χ0v) is 13.6. The maximum Gasteiger partial charge on any atom is 0.226 e. The molecule has 0 spiro atoms. The molecule has 1 unspecified atom stereocenters. The number of hydrogen-bond acceptors (Lipinski definition) is 3. The van der Waals surface area contributed by atoms with Gasteiger partial charge in [-0.05, 0) is 47.7 Å². The lowest BCUT2D eigenvalue weighted by atomic mass is 9.95. The molecule has 0 saturated heterocycles. The van der Waals surface area contributed by atoms with Crippen molar-refractivity contribution in [2.75, 3.05) is 19.1 Å². The fraction of sp³-hybridized carbons (Fsp3) is 0.316. The summed E-state index contributed by atoms with van der Waals surface area (Å²) in [5.41, 5.74) is 10.7. The molecule has 2 aromatic rings. The lowest BCUT2D eigenvalue weighted by Crippen LogP contribution is -2.25. The van der Waals surface area contributed by atoms with Gasteiger partial charge in [-0.2, -0.15) is 0 Å². The van der Waals surface area contributed by atoms with Crippen LogP contribution in [0.2, 0.25) is 0 Å². The van der Waals surface area contributed by atoms with Crippen molar-refractivity contribution in [1.82, 2.24) is 0 Å². The lowest BCUT2D eigenvalue weighted by molar-refractivity contribution is -0.118. The second-order valence-corrected chi connectivity index (χ2v) is 5.95. The van der Waals surface area contributed by atoms with E-state index in [1.807, 2.05) is 43.4 Å². The van der Waals surface area contributed by atoms with Crippen LogP contribution in [0.5, 0.6) is 5.75 Å². The Balaban J connectivity index is 1.94. The highest BCUT2D eigenvalue weighted by Crippen LogP contribution is 2.30. The van der Waals surface area contributed by atoms with Gasteiger partial charge in [0.25, 0.3) is 0 Å². The molecule has 1 aliphatic rings. The van der Waals surface area contributed by atoms with Crippen molar-refractivity contribution in [3.8, 4) is 5.75 Å². The molecule has 0 aromatic heterocycles. The van der Waals surface area contributed by atoms with E-state index in [-0.39, 0.29) is 11.9 Å². The van der Waals surface area contributed by atoms with Gasteiger partial charge in [-0.15, -0.1) is 0 Å². The number of methoxy groups -OCH3 is 1. The maximum absolute atomic E-state index is 12.0. The standard InChI is InChI=1S/C19H22N2O2/c1-21-17-10-9-15(11-13(17)5-4-8-18(21)22)19(20)14-6-3-7-16(12-14)23-2/h3,6-7,9-12,19H,4-5,8,20H2,1-2H3. The van der Waals surface area contributed by atoms with Crippen molar-refractivity contribution in [1.29, 1.82) is 0 Å². The Kier molecular flexibility index (Phi) is 4.35. The molecule has 23 heavy (non-hydrogen) atoms. The van der Waals surface area contributed by atoms with Crippen LogP contribution in [-0.4, -0.2) is 20.1 Å². The van der Waals surface area contributed by atoms with Crippen LogP contribution in [0.3, 0.4) is 0 Å². The summed E-state index contributed by atoms with van der Waals surface area (Å²) < 4.78 is 5.27. The van der Waals surface area contributed by atoms with E-state index in [0.29, 0.717) is 6.42 Å². The zero-order valence-electron chi connectivity index (χ0n) is 13.6. The minimum absolute atomic E-state index is 0.175. The molecule has 0 aliphatic carbocycles. The largest absolute Gasteiger partial charge is 0.497 e. The highest BCUT2D eigenvalue weighted by atomic mass is 16.5. The first kappa shape index (κ1) is 15.6. The fourth-order valence-electron chi connectivity index (χ4n) is 3.09. The molecule has 0 fully saturated rings. The maximum atomic E-state index is 12.0. The van der Waals surface area contributed by atoms with Gasteiger partial charge < -0.3 is 15.4 Å². The number of aryl methyl sites for hydroxylation is 1. The van der Waals surface area contributed by atoms with E-state index in [1.165, 1.54) is 5.56 Å². The topological polar surface area (TPSA) is 55.6 Å². The molecule has 0 saturated carbocycles. The van der Waals surface area contributed by atoms with Crippen LogP contribution < -0.4 is 15.4 Å². The van der Waals surface area contributed by atoms with Gasteiger partial charge in [-0.3, -0.25) is 4.79 Å². The number of hydrogen-bond donors (Lipinski definition) is 1. The van der Waals surface area contributed by atoms with Crippen LogP contribution in [0, 0.1) is 0 Å². The monoisotopic (exact) mass is 310 g/mol. The summed E-state index contributed by atoms with van der Waals surface area (Å²) in [5.74, 6) is 0.978. The summed E-state index contributed by atoms with van der Waals surface area (Å²) >= 11 is 0.